The Morgan fingerprint density at radius 3 is 2.58 bits per heavy atom. The first kappa shape index (κ1) is 18.3. The molecular weight excluding hydrogens is 369 g/mol. The average Bonchev–Trinajstić information content (AvgIpc) is 3.27. The Bertz CT molecular complexity index is 764. The Morgan fingerprint density at radius 2 is 1.92 bits per heavy atom. The van der Waals surface area contributed by atoms with Gasteiger partial charge in [0.1, 0.15) is 11.5 Å². The van der Waals surface area contributed by atoms with E-state index in [9.17, 15) is 0 Å². The van der Waals surface area contributed by atoms with Crippen LogP contribution in [0.4, 0.5) is 0 Å². The normalized spacial score (nSPS) is 25.8. The molecule has 1 aromatic carbocycles. The van der Waals surface area contributed by atoms with Gasteiger partial charge in [0.2, 0.25) is 0 Å². The quantitative estimate of drug-likeness (QED) is 0.536. The SMILES string of the molecule is CC[C@@H]1C[C@H](C)C[C@H]1OCc1c(-c2c(Cl)cccc2Cl)noc1C1CC1. The molecule has 2 saturated carbocycles. The summed E-state index contributed by atoms with van der Waals surface area (Å²) >= 11 is 12.9. The molecule has 0 aliphatic heterocycles. The van der Waals surface area contributed by atoms with Crippen molar-refractivity contribution in [3.63, 3.8) is 0 Å². The van der Waals surface area contributed by atoms with Crippen molar-refractivity contribution in [2.24, 2.45) is 11.8 Å². The standard InChI is InChI=1S/C21H25Cl2NO2/c1-3-13-9-12(2)10-18(13)25-11-15-20(24-26-21(15)14-7-8-14)19-16(22)5-4-6-17(19)23/h4-6,12-14,18H,3,7-11H2,1-2H3/t12-,13+,18+/m0/s1. The minimum atomic E-state index is 0.312. The summed E-state index contributed by atoms with van der Waals surface area (Å²) in [6, 6.07) is 5.52. The summed E-state index contributed by atoms with van der Waals surface area (Å²) in [5.74, 6) is 2.78. The molecule has 5 heteroatoms. The van der Waals surface area contributed by atoms with Gasteiger partial charge in [-0.1, -0.05) is 54.7 Å². The van der Waals surface area contributed by atoms with Gasteiger partial charge in [0, 0.05) is 17.0 Å². The molecule has 2 aliphatic rings. The lowest BCUT2D eigenvalue weighted by Crippen LogP contribution is -2.17. The molecule has 1 heterocycles. The van der Waals surface area contributed by atoms with Crippen LogP contribution < -0.4 is 0 Å². The second-order valence-electron chi connectivity index (χ2n) is 7.84. The lowest BCUT2D eigenvalue weighted by Gasteiger charge is -2.19. The maximum atomic E-state index is 6.43. The van der Waals surface area contributed by atoms with Gasteiger partial charge in [-0.2, -0.15) is 0 Å². The highest BCUT2D eigenvalue weighted by Crippen LogP contribution is 2.46. The van der Waals surface area contributed by atoms with Gasteiger partial charge < -0.3 is 9.26 Å². The van der Waals surface area contributed by atoms with E-state index in [-0.39, 0.29) is 0 Å². The van der Waals surface area contributed by atoms with Gasteiger partial charge in [0.15, 0.2) is 0 Å². The monoisotopic (exact) mass is 393 g/mol. The van der Waals surface area contributed by atoms with Gasteiger partial charge in [0.05, 0.1) is 22.8 Å². The average molecular weight is 394 g/mol. The number of hydrogen-bond donors (Lipinski definition) is 0. The Labute approximate surface area is 165 Å². The van der Waals surface area contributed by atoms with Crippen molar-refractivity contribution in [1.29, 1.82) is 0 Å². The fourth-order valence-electron chi connectivity index (χ4n) is 4.23. The number of hydrogen-bond acceptors (Lipinski definition) is 3. The Hall–Kier alpha value is -1.03. The number of halogens is 2. The van der Waals surface area contributed by atoms with Crippen LogP contribution in [0, 0.1) is 11.8 Å². The van der Waals surface area contributed by atoms with Crippen LogP contribution in [0.25, 0.3) is 11.3 Å². The van der Waals surface area contributed by atoms with Crippen molar-refractivity contribution in [2.75, 3.05) is 0 Å². The summed E-state index contributed by atoms with van der Waals surface area (Å²) in [6.07, 6.45) is 6.16. The molecule has 3 nitrogen and oxygen atoms in total. The van der Waals surface area contributed by atoms with Crippen molar-refractivity contribution in [3.8, 4) is 11.3 Å². The number of aromatic nitrogens is 1. The fraction of sp³-hybridized carbons (Fsp3) is 0.571. The smallest absolute Gasteiger partial charge is 0.145 e. The van der Waals surface area contributed by atoms with Crippen LogP contribution in [0.1, 0.15) is 63.2 Å². The van der Waals surface area contributed by atoms with Crippen LogP contribution in [0.5, 0.6) is 0 Å². The van der Waals surface area contributed by atoms with Crippen LogP contribution in [0.2, 0.25) is 10.0 Å². The molecule has 0 radical (unpaired) electrons. The first-order valence-corrected chi connectivity index (χ1v) is 10.4. The van der Waals surface area contributed by atoms with Crippen LogP contribution >= 0.6 is 23.2 Å². The Balaban J connectivity index is 1.63. The van der Waals surface area contributed by atoms with Gasteiger partial charge in [-0.25, -0.2) is 0 Å². The minimum absolute atomic E-state index is 0.312. The minimum Gasteiger partial charge on any atom is -0.373 e. The van der Waals surface area contributed by atoms with Crippen molar-refractivity contribution in [3.05, 3.63) is 39.6 Å². The zero-order chi connectivity index (χ0) is 18.3. The van der Waals surface area contributed by atoms with Crippen LogP contribution in [-0.2, 0) is 11.3 Å². The van der Waals surface area contributed by atoms with Gasteiger partial charge in [-0.05, 0) is 49.7 Å². The number of benzene rings is 1. The molecule has 3 atom stereocenters. The van der Waals surface area contributed by atoms with E-state index in [2.05, 4.69) is 19.0 Å². The van der Waals surface area contributed by atoms with Gasteiger partial charge in [-0.15, -0.1) is 0 Å². The molecule has 2 aromatic rings. The summed E-state index contributed by atoms with van der Waals surface area (Å²) in [4.78, 5) is 0. The molecule has 0 bridgehead atoms. The van der Waals surface area contributed by atoms with E-state index in [0.29, 0.717) is 34.6 Å². The van der Waals surface area contributed by atoms with E-state index in [1.807, 2.05) is 18.2 Å². The third kappa shape index (κ3) is 3.54. The van der Waals surface area contributed by atoms with E-state index in [4.69, 9.17) is 32.5 Å². The van der Waals surface area contributed by atoms with E-state index in [1.165, 1.54) is 6.42 Å². The molecule has 2 fully saturated rings. The predicted molar refractivity (Wildman–Crippen MR) is 105 cm³/mol. The maximum Gasteiger partial charge on any atom is 0.145 e. The van der Waals surface area contributed by atoms with E-state index in [0.717, 1.165) is 54.2 Å². The predicted octanol–water partition coefficient (Wildman–Crippen LogP) is 6.87. The molecule has 0 amide bonds. The number of nitrogens with zero attached hydrogens (tertiary/aromatic N) is 1. The largest absolute Gasteiger partial charge is 0.373 e. The first-order valence-electron chi connectivity index (χ1n) is 9.62. The van der Waals surface area contributed by atoms with Crippen molar-refractivity contribution in [2.45, 2.75) is 64.6 Å². The molecular formula is C21H25Cl2NO2. The van der Waals surface area contributed by atoms with E-state index >= 15 is 0 Å². The molecule has 0 unspecified atom stereocenters. The Morgan fingerprint density at radius 1 is 1.19 bits per heavy atom. The summed E-state index contributed by atoms with van der Waals surface area (Å²) in [5, 5.41) is 5.53. The number of rotatable bonds is 6. The molecule has 1 aromatic heterocycles. The lowest BCUT2D eigenvalue weighted by atomic mass is 10.0. The molecule has 26 heavy (non-hydrogen) atoms. The van der Waals surface area contributed by atoms with Gasteiger partial charge >= 0.3 is 0 Å². The van der Waals surface area contributed by atoms with Gasteiger partial charge in [-0.3, -0.25) is 0 Å². The summed E-state index contributed by atoms with van der Waals surface area (Å²) < 4.78 is 12.1. The molecule has 4 rings (SSSR count). The van der Waals surface area contributed by atoms with E-state index in [1.54, 1.807) is 0 Å². The number of ether oxygens (including phenoxy) is 1. The summed E-state index contributed by atoms with van der Waals surface area (Å²) in [5.41, 5.74) is 2.51. The highest BCUT2D eigenvalue weighted by Gasteiger charge is 2.35. The third-order valence-electron chi connectivity index (χ3n) is 5.80. The first-order chi connectivity index (χ1) is 12.6. The highest BCUT2D eigenvalue weighted by molar-refractivity contribution is 6.39. The highest BCUT2D eigenvalue weighted by atomic mass is 35.5. The van der Waals surface area contributed by atoms with Crippen LogP contribution in [-0.4, -0.2) is 11.3 Å². The molecule has 0 spiro atoms. The summed E-state index contributed by atoms with van der Waals surface area (Å²) in [7, 11) is 0. The van der Waals surface area contributed by atoms with Crippen LogP contribution in [0.15, 0.2) is 22.7 Å². The van der Waals surface area contributed by atoms with E-state index < -0.39 is 0 Å². The maximum absolute atomic E-state index is 6.43. The molecule has 0 saturated heterocycles. The van der Waals surface area contributed by atoms with Crippen molar-refractivity contribution < 1.29 is 9.26 Å². The third-order valence-corrected chi connectivity index (χ3v) is 6.43. The fourth-order valence-corrected chi connectivity index (χ4v) is 4.80. The van der Waals surface area contributed by atoms with Gasteiger partial charge in [0.25, 0.3) is 0 Å². The van der Waals surface area contributed by atoms with Crippen molar-refractivity contribution >= 4 is 23.2 Å². The zero-order valence-corrected chi connectivity index (χ0v) is 16.8. The topological polar surface area (TPSA) is 35.3 Å². The Kier molecular flexibility index (Phi) is 5.31. The molecule has 140 valence electrons. The zero-order valence-electron chi connectivity index (χ0n) is 15.3. The van der Waals surface area contributed by atoms with Crippen LogP contribution in [0.3, 0.4) is 0 Å². The summed E-state index contributed by atoms with van der Waals surface area (Å²) in [6.45, 7) is 5.08. The molecule has 0 N–H and O–H groups in total. The lowest BCUT2D eigenvalue weighted by molar-refractivity contribution is 0.0135. The van der Waals surface area contributed by atoms with Crippen molar-refractivity contribution in [1.82, 2.24) is 5.16 Å². The molecule has 2 aliphatic carbocycles. The second kappa shape index (κ2) is 7.53. The second-order valence-corrected chi connectivity index (χ2v) is 8.65.